The third-order valence-electron chi connectivity index (χ3n) is 2.50. The van der Waals surface area contributed by atoms with E-state index in [1.807, 2.05) is 6.92 Å². The third kappa shape index (κ3) is 2.93. The number of amides is 1. The minimum atomic E-state index is -0.206. The van der Waals surface area contributed by atoms with E-state index in [9.17, 15) is 9.90 Å². The van der Waals surface area contributed by atoms with Gasteiger partial charge in [0.05, 0.1) is 16.5 Å². The summed E-state index contributed by atoms with van der Waals surface area (Å²) in [6.07, 6.45) is 0.0355. The highest BCUT2D eigenvalue weighted by Crippen LogP contribution is 2.35. The van der Waals surface area contributed by atoms with Crippen LogP contribution in [0.1, 0.15) is 11.4 Å². The van der Waals surface area contributed by atoms with Crippen molar-refractivity contribution in [2.75, 3.05) is 7.05 Å². The first-order valence-corrected chi connectivity index (χ1v) is 6.33. The number of phenolic OH excluding ortho intramolecular Hbond substituents is 1. The van der Waals surface area contributed by atoms with Crippen LogP contribution in [-0.2, 0) is 11.2 Å². The quantitative estimate of drug-likeness (QED) is 0.898. The number of hydrogen-bond acceptors (Lipinski definition) is 5. The van der Waals surface area contributed by atoms with Crippen molar-refractivity contribution in [1.29, 1.82) is 0 Å². The summed E-state index contributed by atoms with van der Waals surface area (Å²) in [5.74, 6) is 0.273. The van der Waals surface area contributed by atoms with Crippen molar-refractivity contribution in [3.05, 3.63) is 28.0 Å². The second kappa shape index (κ2) is 5.40. The number of aryl methyl sites for hydroxylation is 1. The molecular weight excluding hydrogens is 314 g/mol. The van der Waals surface area contributed by atoms with E-state index in [4.69, 9.17) is 4.52 Å². The normalized spacial score (nSPS) is 10.5. The summed E-state index contributed by atoms with van der Waals surface area (Å²) in [5.41, 5.74) is 1.37. The lowest BCUT2D eigenvalue weighted by Crippen LogP contribution is -2.20. The van der Waals surface area contributed by atoms with Crippen molar-refractivity contribution in [3.63, 3.8) is 0 Å². The lowest BCUT2D eigenvalue weighted by molar-refractivity contribution is -0.120. The maximum Gasteiger partial charge on any atom is 0.261 e. The highest BCUT2D eigenvalue weighted by atomic mass is 79.9. The Morgan fingerprint density at radius 1 is 1.53 bits per heavy atom. The second-order valence-electron chi connectivity index (χ2n) is 4.01. The van der Waals surface area contributed by atoms with Crippen molar-refractivity contribution in [3.8, 4) is 17.2 Å². The number of halogens is 1. The minimum absolute atomic E-state index is 0.0285. The molecule has 1 heterocycles. The number of aromatic hydroxyl groups is 1. The molecule has 0 spiro atoms. The molecule has 2 N–H and O–H groups in total. The number of nitrogens with zero attached hydrogens (tertiary/aromatic N) is 2. The molecule has 0 bridgehead atoms. The van der Waals surface area contributed by atoms with Crippen molar-refractivity contribution in [2.45, 2.75) is 13.3 Å². The average molecular weight is 326 g/mol. The fourth-order valence-corrected chi connectivity index (χ4v) is 2.14. The van der Waals surface area contributed by atoms with E-state index in [0.717, 1.165) is 5.56 Å². The fourth-order valence-electron chi connectivity index (χ4n) is 1.56. The summed E-state index contributed by atoms with van der Waals surface area (Å²) >= 11 is 3.25. The first-order chi connectivity index (χ1) is 9.01. The molecule has 0 unspecified atom stereocenters. The number of likely N-dealkylation sites (N-methyl/N-ethyl adjacent to an activating group) is 1. The Balaban J connectivity index is 2.35. The topological polar surface area (TPSA) is 88.2 Å². The van der Waals surface area contributed by atoms with Crippen LogP contribution < -0.4 is 5.32 Å². The van der Waals surface area contributed by atoms with Crippen LogP contribution in [0.5, 0.6) is 5.75 Å². The van der Waals surface area contributed by atoms with Crippen molar-refractivity contribution in [2.24, 2.45) is 0 Å². The van der Waals surface area contributed by atoms with Crippen LogP contribution in [0.2, 0.25) is 0 Å². The second-order valence-corrected chi connectivity index (χ2v) is 4.86. The maximum atomic E-state index is 11.2. The highest BCUT2D eigenvalue weighted by molar-refractivity contribution is 9.10. The van der Waals surface area contributed by atoms with E-state index in [1.165, 1.54) is 7.05 Å². The van der Waals surface area contributed by atoms with E-state index in [0.29, 0.717) is 10.0 Å². The molecule has 0 saturated heterocycles. The van der Waals surface area contributed by atoms with Crippen LogP contribution in [0.25, 0.3) is 11.5 Å². The zero-order chi connectivity index (χ0) is 14.0. The molecule has 6 nitrogen and oxygen atoms in total. The number of hydrogen-bond donors (Lipinski definition) is 2. The largest absolute Gasteiger partial charge is 0.506 e. The molecule has 0 aliphatic carbocycles. The average Bonchev–Trinajstić information content (AvgIpc) is 2.81. The molecule has 1 aromatic heterocycles. The molecule has 0 fully saturated rings. The van der Waals surface area contributed by atoms with Gasteiger partial charge in [0.2, 0.25) is 5.91 Å². The van der Waals surface area contributed by atoms with Gasteiger partial charge in [0.15, 0.2) is 5.82 Å². The van der Waals surface area contributed by atoms with Crippen LogP contribution in [-0.4, -0.2) is 28.2 Å². The number of benzene rings is 1. The monoisotopic (exact) mass is 325 g/mol. The predicted molar refractivity (Wildman–Crippen MR) is 71.6 cm³/mol. The lowest BCUT2D eigenvalue weighted by atomic mass is 10.1. The standard InChI is InChI=1S/C12H12BrN3O3/c1-6-3-7(11(18)8(13)4-6)12-15-9(16-19-12)5-10(17)14-2/h3-4,18H,5H2,1-2H3,(H,14,17). The molecule has 2 aromatic rings. The summed E-state index contributed by atoms with van der Waals surface area (Å²) < 4.78 is 5.61. The minimum Gasteiger partial charge on any atom is -0.506 e. The number of aromatic nitrogens is 2. The summed E-state index contributed by atoms with van der Waals surface area (Å²) in [7, 11) is 1.53. The summed E-state index contributed by atoms with van der Waals surface area (Å²) in [6.45, 7) is 1.88. The van der Waals surface area contributed by atoms with Gasteiger partial charge in [-0.05, 0) is 40.5 Å². The van der Waals surface area contributed by atoms with Gasteiger partial charge in [0, 0.05) is 7.05 Å². The van der Waals surface area contributed by atoms with Gasteiger partial charge in [0.1, 0.15) is 5.75 Å². The number of carbonyl (C=O) groups is 1. The Labute approximate surface area is 118 Å². The van der Waals surface area contributed by atoms with E-state index in [2.05, 4.69) is 31.4 Å². The van der Waals surface area contributed by atoms with Gasteiger partial charge in [0.25, 0.3) is 5.89 Å². The summed E-state index contributed by atoms with van der Waals surface area (Å²) in [6, 6.07) is 3.51. The fraction of sp³-hybridized carbons (Fsp3) is 0.250. The molecule has 0 radical (unpaired) electrons. The summed E-state index contributed by atoms with van der Waals surface area (Å²) in [5, 5.41) is 16.1. The van der Waals surface area contributed by atoms with Gasteiger partial charge in [-0.25, -0.2) is 0 Å². The van der Waals surface area contributed by atoms with Crippen LogP contribution in [0.15, 0.2) is 21.1 Å². The Hall–Kier alpha value is -1.89. The van der Waals surface area contributed by atoms with Crippen molar-refractivity contribution in [1.82, 2.24) is 15.5 Å². The molecule has 19 heavy (non-hydrogen) atoms. The van der Waals surface area contributed by atoms with Crippen molar-refractivity contribution >= 4 is 21.8 Å². The number of rotatable bonds is 3. The maximum absolute atomic E-state index is 11.2. The predicted octanol–water partition coefficient (Wildman–Crippen LogP) is 1.80. The van der Waals surface area contributed by atoms with E-state index >= 15 is 0 Å². The van der Waals surface area contributed by atoms with Crippen LogP contribution in [0, 0.1) is 6.92 Å². The van der Waals surface area contributed by atoms with Gasteiger partial charge in [-0.3, -0.25) is 4.79 Å². The number of phenols is 1. The van der Waals surface area contributed by atoms with Gasteiger partial charge >= 0.3 is 0 Å². The zero-order valence-corrected chi connectivity index (χ0v) is 12.0. The van der Waals surface area contributed by atoms with Gasteiger partial charge in [-0.15, -0.1) is 0 Å². The SMILES string of the molecule is CNC(=O)Cc1noc(-c2cc(C)cc(Br)c2O)n1. The first-order valence-electron chi connectivity index (χ1n) is 5.54. The number of nitrogens with one attached hydrogen (secondary N) is 1. The molecule has 100 valence electrons. The Bertz CT molecular complexity index is 625. The smallest absolute Gasteiger partial charge is 0.261 e. The highest BCUT2D eigenvalue weighted by Gasteiger charge is 2.16. The third-order valence-corrected chi connectivity index (χ3v) is 3.11. The molecule has 0 saturated carbocycles. The summed E-state index contributed by atoms with van der Waals surface area (Å²) in [4.78, 5) is 15.3. The van der Waals surface area contributed by atoms with Crippen LogP contribution in [0.3, 0.4) is 0 Å². The molecular formula is C12H12BrN3O3. The van der Waals surface area contributed by atoms with E-state index in [-0.39, 0.29) is 29.8 Å². The molecule has 0 atom stereocenters. The Morgan fingerprint density at radius 2 is 2.26 bits per heavy atom. The lowest BCUT2D eigenvalue weighted by Gasteiger charge is -2.03. The Morgan fingerprint density at radius 3 is 2.95 bits per heavy atom. The van der Waals surface area contributed by atoms with Crippen molar-refractivity contribution < 1.29 is 14.4 Å². The zero-order valence-electron chi connectivity index (χ0n) is 10.4. The van der Waals surface area contributed by atoms with Gasteiger partial charge in [-0.1, -0.05) is 5.16 Å². The molecule has 2 rings (SSSR count). The molecule has 0 aliphatic rings. The van der Waals surface area contributed by atoms with Crippen LogP contribution >= 0.6 is 15.9 Å². The molecule has 0 aliphatic heterocycles. The Kier molecular flexibility index (Phi) is 3.84. The van der Waals surface area contributed by atoms with E-state index in [1.54, 1.807) is 12.1 Å². The molecule has 1 aromatic carbocycles. The van der Waals surface area contributed by atoms with Gasteiger partial charge < -0.3 is 14.9 Å². The molecule has 7 heteroatoms. The van der Waals surface area contributed by atoms with E-state index < -0.39 is 0 Å². The first kappa shape index (κ1) is 13.5. The van der Waals surface area contributed by atoms with Crippen LogP contribution in [0.4, 0.5) is 0 Å². The van der Waals surface area contributed by atoms with Gasteiger partial charge in [-0.2, -0.15) is 4.98 Å². The number of carbonyl (C=O) groups excluding carboxylic acids is 1. The molecule has 1 amide bonds.